The molecule has 0 bridgehead atoms. The molecule has 4 aliphatic carbocycles. The molecular weight excluding hydrogens is 1460 g/mol. The molecule has 112 heavy (non-hydrogen) atoms. The van der Waals surface area contributed by atoms with E-state index in [0.717, 1.165) is 77.6 Å². The van der Waals surface area contributed by atoms with Crippen molar-refractivity contribution in [2.75, 3.05) is 19.6 Å². The second kappa shape index (κ2) is 34.4. The van der Waals surface area contributed by atoms with E-state index in [1.807, 2.05) is 39.0 Å². The maximum Gasteiger partial charge on any atom is 0.310 e. The normalized spacial score (nSPS) is 17.1. The fourth-order valence-corrected chi connectivity index (χ4v) is 19.9. The third kappa shape index (κ3) is 23.3. The van der Waals surface area contributed by atoms with Gasteiger partial charge in [0, 0.05) is 73.4 Å². The minimum absolute atomic E-state index is 0.0327. The quantitative estimate of drug-likeness (QED) is 0.0334. The number of aliphatic carboxylic acids is 1. The van der Waals surface area contributed by atoms with E-state index >= 15 is 0 Å². The van der Waals surface area contributed by atoms with Gasteiger partial charge in [-0.15, -0.1) is 0 Å². The molecule has 0 radical (unpaired) electrons. The van der Waals surface area contributed by atoms with Gasteiger partial charge in [-0.05, 0) is 269 Å². The number of primary amides is 1. The monoisotopic (exact) mass is 1600 g/mol. The van der Waals surface area contributed by atoms with Gasteiger partial charge < -0.3 is 29.6 Å². The third-order valence-corrected chi connectivity index (χ3v) is 28.9. The number of nitrogens with zero attached hydrogens (tertiary/aromatic N) is 3. The van der Waals surface area contributed by atoms with Crippen molar-refractivity contribution in [1.29, 1.82) is 0 Å². The molecule has 4 saturated carbocycles. The number of carbonyl (C=O) groups is 2. The van der Waals surface area contributed by atoms with Gasteiger partial charge in [-0.2, -0.15) is 0 Å². The van der Waals surface area contributed by atoms with E-state index in [9.17, 15) is 45.1 Å². The highest BCUT2D eigenvalue weighted by molar-refractivity contribution is 7.90. The van der Waals surface area contributed by atoms with Crippen LogP contribution in [0.3, 0.4) is 0 Å². The molecule has 7 N–H and O–H groups in total. The lowest BCUT2D eigenvalue weighted by molar-refractivity contribution is -0.146. The van der Waals surface area contributed by atoms with E-state index in [4.69, 9.17) is 5.73 Å². The number of rotatable bonds is 24. The Hall–Kier alpha value is -5.87. The molecule has 3 aromatic carbocycles. The van der Waals surface area contributed by atoms with Crippen molar-refractivity contribution in [2.24, 2.45) is 34.3 Å². The number of carboxylic acids is 1. The van der Waals surface area contributed by atoms with Crippen molar-refractivity contribution in [3.63, 3.8) is 0 Å². The van der Waals surface area contributed by atoms with E-state index in [2.05, 4.69) is 193 Å². The summed E-state index contributed by atoms with van der Waals surface area (Å²) in [5, 5.41) is 19.6. The Labute approximate surface area is 676 Å². The molecule has 0 unspecified atom stereocenters. The number of carboxylic acid groups (broad SMARTS) is 1. The molecule has 0 saturated heterocycles. The number of aromatic nitrogens is 3. The number of amides is 1. The largest absolute Gasteiger partial charge is 0.481 e. The summed E-state index contributed by atoms with van der Waals surface area (Å²) in [6.45, 7) is 53.0. The van der Waals surface area contributed by atoms with E-state index in [1.165, 1.54) is 144 Å². The highest BCUT2D eigenvalue weighted by Crippen LogP contribution is 2.50. The number of nitrogens with one attached hydrogen (secondary N) is 3. The lowest BCUT2D eigenvalue weighted by atomic mass is 9.79. The van der Waals surface area contributed by atoms with Crippen molar-refractivity contribution < 1.29 is 45.1 Å². The van der Waals surface area contributed by atoms with Crippen LogP contribution in [0.2, 0.25) is 0 Å². The van der Waals surface area contributed by atoms with E-state index in [0.29, 0.717) is 28.3 Å². The minimum Gasteiger partial charge on any atom is -0.481 e. The van der Waals surface area contributed by atoms with E-state index < -0.39 is 58.4 Å². The highest BCUT2D eigenvalue weighted by Gasteiger charge is 2.41. The Bertz CT molecular complexity index is 4390. The molecule has 0 spiro atoms. The van der Waals surface area contributed by atoms with Gasteiger partial charge in [-0.3, -0.25) is 9.59 Å². The number of aliphatic hydroxyl groups is 1. The molecule has 624 valence electrons. The summed E-state index contributed by atoms with van der Waals surface area (Å²) in [6.07, 6.45) is 20.6. The Morgan fingerprint density at radius 2 is 0.661 bits per heavy atom. The van der Waals surface area contributed by atoms with Crippen LogP contribution in [0, 0.1) is 49.4 Å². The van der Waals surface area contributed by atoms with Gasteiger partial charge in [0.05, 0.1) is 16.4 Å². The zero-order valence-corrected chi connectivity index (χ0v) is 75.7. The number of benzene rings is 3. The van der Waals surface area contributed by atoms with Crippen LogP contribution in [-0.2, 0) is 91.8 Å². The zero-order chi connectivity index (χ0) is 83.9. The molecule has 6 aromatic rings. The Kier molecular flexibility index (Phi) is 28.1. The van der Waals surface area contributed by atoms with Crippen LogP contribution in [0.25, 0.3) is 33.8 Å². The topological polar surface area (TPSA) is 254 Å². The van der Waals surface area contributed by atoms with Gasteiger partial charge in [0.15, 0.2) is 0 Å². The van der Waals surface area contributed by atoms with Gasteiger partial charge in [0.1, 0.15) is 14.7 Å². The lowest BCUT2D eigenvalue weighted by Gasteiger charge is -2.27. The van der Waals surface area contributed by atoms with Crippen LogP contribution in [0.4, 0.5) is 0 Å². The average molecular weight is 1600 g/mol. The second-order valence-electron chi connectivity index (χ2n) is 41.2. The zero-order valence-electron chi connectivity index (χ0n) is 73.2. The maximum atomic E-state index is 13.6. The first-order valence-electron chi connectivity index (χ1n) is 41.6. The minimum atomic E-state index is -3.91. The first kappa shape index (κ1) is 91.7. The van der Waals surface area contributed by atoms with E-state index in [1.54, 1.807) is 27.7 Å². The standard InChI is InChI=1S/C31H49N3O3S.C31H46N2O4S.C30H48N2O3S/c1-21-27(38(36,37)33-20-31(8,9)28(32)35)18-26(34(21)19-22-13-11-10-12-14-22)23-15-24(29(2,3)4)17-25(16-23)30(5,6)7;1-21-27(38(36,37)32-20-30(5,6)28(34)35)18-26(33(21)19-22-11-9-8-10-12-22)23-15-24(29(2,3)4)17-25(16-23)31(7)13-14-31;1-21-27(36(34,35)31-20-30(8,9)33)18-26(32(21)19-22-13-11-10-12-14-22)23-15-24(28(2,3)4)17-25(16-23)29(5,6)7/h15-18,22,33H,10-14,19-20H2,1-9H3,(H2,32,35);15-18,22,32H,8-14,19-20H2,1-7H3,(H,34,35);15-18,22,31,33H,10-14,19-20H2,1-9H3. The summed E-state index contributed by atoms with van der Waals surface area (Å²) in [7, 11) is -11.6. The predicted octanol–water partition coefficient (Wildman–Crippen LogP) is 19.9. The molecule has 4 fully saturated rings. The molecule has 3 aromatic heterocycles. The molecule has 3 heterocycles. The summed E-state index contributed by atoms with van der Waals surface area (Å²) in [5.74, 6) is 0.0261. The SMILES string of the molecule is Cc1c(S(=O)(=O)NCC(C)(C)C(=O)O)cc(-c2cc(C(C)(C)C)cc(C3(C)CC3)c2)n1CC1CCCCC1.Cc1c(S(=O)(=O)NCC(C)(C)C(N)=O)cc(-c2cc(C(C)(C)C)cc(C(C)(C)C)c2)n1CC1CCCCC1.Cc1c(S(=O)(=O)NCC(C)(C)O)cc(-c2cc(C(C)(C)C)cc(C(C)(C)C)c2)n1CC1CCCCC1. The second-order valence-corrected chi connectivity index (χ2v) is 46.4. The van der Waals surface area contributed by atoms with Crippen molar-refractivity contribution in [3.8, 4) is 33.8 Å². The molecule has 0 atom stereocenters. The van der Waals surface area contributed by atoms with Crippen LogP contribution in [0.5, 0.6) is 0 Å². The summed E-state index contributed by atoms with van der Waals surface area (Å²) in [5.41, 5.74) is 17.9. The van der Waals surface area contributed by atoms with Crippen LogP contribution < -0.4 is 19.9 Å². The lowest BCUT2D eigenvalue weighted by Crippen LogP contribution is -2.42. The number of carbonyl (C=O) groups excluding carboxylic acids is 1. The molecule has 4 aliphatic rings. The first-order valence-corrected chi connectivity index (χ1v) is 46.0. The Morgan fingerprint density at radius 1 is 0.402 bits per heavy atom. The average Bonchev–Trinajstić information content (AvgIpc) is 1.69. The molecule has 20 heteroatoms. The highest BCUT2D eigenvalue weighted by atomic mass is 32.2. The van der Waals surface area contributed by atoms with Gasteiger partial charge in [0.2, 0.25) is 36.0 Å². The molecule has 1 amide bonds. The first-order chi connectivity index (χ1) is 51.2. The van der Waals surface area contributed by atoms with Crippen molar-refractivity contribution in [2.45, 2.75) is 355 Å². The van der Waals surface area contributed by atoms with Gasteiger partial charge >= 0.3 is 5.97 Å². The molecule has 17 nitrogen and oxygen atoms in total. The van der Waals surface area contributed by atoms with Crippen molar-refractivity contribution in [1.82, 2.24) is 27.9 Å². The van der Waals surface area contributed by atoms with Gasteiger partial charge in [-0.25, -0.2) is 39.4 Å². The molecule has 10 rings (SSSR count). The van der Waals surface area contributed by atoms with Crippen molar-refractivity contribution in [3.05, 3.63) is 123 Å². The van der Waals surface area contributed by atoms with Gasteiger partial charge in [0.25, 0.3) is 0 Å². The van der Waals surface area contributed by atoms with Crippen LogP contribution in [0.1, 0.15) is 312 Å². The van der Waals surface area contributed by atoms with Crippen LogP contribution >= 0.6 is 0 Å². The summed E-state index contributed by atoms with van der Waals surface area (Å²) in [4.78, 5) is 24.2. The summed E-state index contributed by atoms with van der Waals surface area (Å²) in [6, 6.07) is 25.8. The maximum absolute atomic E-state index is 13.6. The summed E-state index contributed by atoms with van der Waals surface area (Å²) >= 11 is 0. The molecule has 0 aliphatic heterocycles. The number of hydrogen-bond donors (Lipinski definition) is 6. The third-order valence-electron chi connectivity index (χ3n) is 24.4. The smallest absolute Gasteiger partial charge is 0.310 e. The summed E-state index contributed by atoms with van der Waals surface area (Å²) < 4.78 is 95.7. The van der Waals surface area contributed by atoms with Crippen LogP contribution in [0.15, 0.2) is 87.5 Å². The number of hydrogen-bond acceptors (Lipinski definition) is 9. The fourth-order valence-electron chi connectivity index (χ4n) is 15.5. The Balaban J connectivity index is 0.000000211. The van der Waals surface area contributed by atoms with Crippen molar-refractivity contribution >= 4 is 41.9 Å². The number of sulfonamides is 3. The predicted molar refractivity (Wildman–Crippen MR) is 460 cm³/mol. The van der Waals surface area contributed by atoms with Crippen LogP contribution in [-0.4, -0.2) is 86.3 Å². The van der Waals surface area contributed by atoms with Gasteiger partial charge in [-0.1, -0.05) is 187 Å². The van der Waals surface area contributed by atoms with E-state index in [-0.39, 0.29) is 61.9 Å². The number of nitrogens with two attached hydrogens (primary N) is 1. The molecular formula is C92H143N7O10S3. The fraction of sp³-hybridized carbons (Fsp3) is 0.652. The Morgan fingerprint density at radius 3 is 0.911 bits per heavy atom.